The Kier molecular flexibility index (Phi) is 4.28. The maximum absolute atomic E-state index is 13.1. The van der Waals surface area contributed by atoms with Gasteiger partial charge in [-0.1, -0.05) is 15.9 Å². The maximum Gasteiger partial charge on any atom is 0.168 e. The number of ether oxygens (including phenoxy) is 1. The molecule has 0 atom stereocenters. The number of rotatable bonds is 4. The van der Waals surface area contributed by atoms with Crippen LogP contribution in [0.1, 0.15) is 5.56 Å². The molecule has 2 nitrogen and oxygen atoms in total. The molecule has 1 aromatic rings. The normalized spacial score (nSPS) is 10.3. The summed E-state index contributed by atoms with van der Waals surface area (Å²) in [6.07, 6.45) is 0. The van der Waals surface area contributed by atoms with Crippen LogP contribution in [0, 0.1) is 11.6 Å². The summed E-state index contributed by atoms with van der Waals surface area (Å²) in [6, 6.07) is 2.27. The highest BCUT2D eigenvalue weighted by Crippen LogP contribution is 2.23. The molecule has 14 heavy (non-hydrogen) atoms. The predicted molar refractivity (Wildman–Crippen MR) is 51.6 cm³/mol. The van der Waals surface area contributed by atoms with E-state index in [1.807, 2.05) is 0 Å². The summed E-state index contributed by atoms with van der Waals surface area (Å²) in [7, 11) is 0. The van der Waals surface area contributed by atoms with Crippen molar-refractivity contribution in [2.24, 2.45) is 0 Å². The van der Waals surface area contributed by atoms with E-state index in [9.17, 15) is 8.78 Å². The van der Waals surface area contributed by atoms with Gasteiger partial charge in [-0.25, -0.2) is 8.78 Å². The predicted octanol–water partition coefficient (Wildman–Crippen LogP) is 2.23. The van der Waals surface area contributed by atoms with E-state index >= 15 is 0 Å². The second-order valence-corrected chi connectivity index (χ2v) is 3.33. The van der Waals surface area contributed by atoms with Gasteiger partial charge in [0.2, 0.25) is 0 Å². The van der Waals surface area contributed by atoms with Crippen LogP contribution in [0.25, 0.3) is 0 Å². The Labute approximate surface area is 88.6 Å². The first-order valence-corrected chi connectivity index (χ1v) is 5.09. The van der Waals surface area contributed by atoms with E-state index in [4.69, 9.17) is 9.84 Å². The third kappa shape index (κ3) is 2.42. The van der Waals surface area contributed by atoms with Gasteiger partial charge in [-0.15, -0.1) is 0 Å². The molecule has 0 amide bonds. The van der Waals surface area contributed by atoms with Gasteiger partial charge in [0.15, 0.2) is 11.6 Å². The molecule has 0 aliphatic carbocycles. The molecule has 0 saturated heterocycles. The minimum absolute atomic E-state index is 0.147. The highest BCUT2D eigenvalue weighted by atomic mass is 79.9. The number of aliphatic hydroxyl groups excluding tert-OH is 1. The summed E-state index contributed by atoms with van der Waals surface area (Å²) >= 11 is 3.13. The Balaban J connectivity index is 2.98. The Hall–Kier alpha value is -0.680. The van der Waals surface area contributed by atoms with Crippen LogP contribution in [0.4, 0.5) is 8.78 Å². The van der Waals surface area contributed by atoms with E-state index < -0.39 is 18.2 Å². The van der Waals surface area contributed by atoms with Gasteiger partial charge in [0.1, 0.15) is 5.75 Å². The molecule has 0 aliphatic heterocycles. The number of alkyl halides is 1. The summed E-state index contributed by atoms with van der Waals surface area (Å²) < 4.78 is 30.9. The molecule has 0 aliphatic rings. The van der Waals surface area contributed by atoms with Crippen molar-refractivity contribution in [1.29, 1.82) is 0 Å². The van der Waals surface area contributed by atoms with Crippen LogP contribution < -0.4 is 4.74 Å². The second kappa shape index (κ2) is 5.26. The van der Waals surface area contributed by atoms with Gasteiger partial charge in [0.25, 0.3) is 0 Å². The number of halogens is 3. The molecule has 0 aromatic heterocycles. The molecule has 0 unspecified atom stereocenters. The van der Waals surface area contributed by atoms with Crippen molar-refractivity contribution in [3.8, 4) is 5.75 Å². The van der Waals surface area contributed by atoms with Gasteiger partial charge >= 0.3 is 0 Å². The van der Waals surface area contributed by atoms with Gasteiger partial charge in [0, 0.05) is 5.33 Å². The van der Waals surface area contributed by atoms with Gasteiger partial charge in [-0.05, 0) is 12.1 Å². The first kappa shape index (κ1) is 11.4. The van der Waals surface area contributed by atoms with Crippen LogP contribution in [-0.4, -0.2) is 17.0 Å². The lowest BCUT2D eigenvalue weighted by atomic mass is 10.2. The third-order valence-corrected chi connectivity index (χ3v) is 1.97. The summed E-state index contributed by atoms with van der Waals surface area (Å²) in [4.78, 5) is 0. The monoisotopic (exact) mass is 266 g/mol. The highest BCUT2D eigenvalue weighted by Gasteiger charge is 2.13. The molecule has 1 N–H and O–H groups in total. The van der Waals surface area contributed by atoms with Gasteiger partial charge in [-0.2, -0.15) is 0 Å². The highest BCUT2D eigenvalue weighted by molar-refractivity contribution is 9.09. The zero-order valence-corrected chi connectivity index (χ0v) is 8.85. The van der Waals surface area contributed by atoms with E-state index in [0.717, 1.165) is 6.07 Å². The molecule has 0 bridgehead atoms. The Bertz CT molecular complexity index is 318. The molecule has 78 valence electrons. The number of benzene rings is 1. The van der Waals surface area contributed by atoms with Crippen LogP contribution in [0.2, 0.25) is 0 Å². The lowest BCUT2D eigenvalue weighted by molar-refractivity contribution is 0.258. The van der Waals surface area contributed by atoms with E-state index in [1.165, 1.54) is 6.07 Å². The average molecular weight is 267 g/mol. The molecule has 5 heteroatoms. The summed E-state index contributed by atoms with van der Waals surface area (Å²) in [5, 5.41) is 9.40. The zero-order chi connectivity index (χ0) is 10.6. The Morgan fingerprint density at radius 2 is 2.07 bits per heavy atom. The number of aliphatic hydroxyl groups is 1. The molecule has 0 radical (unpaired) electrons. The van der Waals surface area contributed by atoms with Crippen molar-refractivity contribution < 1.29 is 18.6 Å². The van der Waals surface area contributed by atoms with Crippen molar-refractivity contribution in [3.63, 3.8) is 0 Å². The topological polar surface area (TPSA) is 29.5 Å². The molecule has 0 heterocycles. The fourth-order valence-electron chi connectivity index (χ4n) is 1.01. The molecule has 0 spiro atoms. The van der Waals surface area contributed by atoms with Crippen molar-refractivity contribution in [2.75, 3.05) is 11.9 Å². The van der Waals surface area contributed by atoms with Crippen LogP contribution in [0.15, 0.2) is 12.1 Å². The molecule has 1 rings (SSSR count). The molecule has 0 saturated carbocycles. The van der Waals surface area contributed by atoms with Crippen LogP contribution in [-0.2, 0) is 6.61 Å². The van der Waals surface area contributed by atoms with Crippen LogP contribution >= 0.6 is 15.9 Å². The van der Waals surface area contributed by atoms with Crippen LogP contribution in [0.5, 0.6) is 5.75 Å². The third-order valence-electron chi connectivity index (χ3n) is 1.65. The first-order chi connectivity index (χ1) is 6.70. The average Bonchev–Trinajstić information content (AvgIpc) is 2.20. The second-order valence-electron chi connectivity index (χ2n) is 2.53. The minimum Gasteiger partial charge on any atom is -0.492 e. The Morgan fingerprint density at radius 1 is 1.36 bits per heavy atom. The minimum atomic E-state index is -1.06. The van der Waals surface area contributed by atoms with Gasteiger partial charge in [-0.3, -0.25) is 0 Å². The van der Waals surface area contributed by atoms with Crippen molar-refractivity contribution in [3.05, 3.63) is 29.3 Å². The lowest BCUT2D eigenvalue weighted by Gasteiger charge is -2.09. The SMILES string of the molecule is OCc1c(OCCBr)ccc(F)c1F. The van der Waals surface area contributed by atoms with Crippen molar-refractivity contribution in [1.82, 2.24) is 0 Å². The summed E-state index contributed by atoms with van der Waals surface area (Å²) in [5.74, 6) is -1.87. The van der Waals surface area contributed by atoms with E-state index in [0.29, 0.717) is 11.9 Å². The first-order valence-electron chi connectivity index (χ1n) is 3.97. The van der Waals surface area contributed by atoms with Gasteiger partial charge < -0.3 is 9.84 Å². The molecule has 1 aromatic carbocycles. The standard InChI is InChI=1S/C9H9BrF2O2/c10-3-4-14-8-2-1-7(11)9(12)6(8)5-13/h1-2,13H,3-5H2. The van der Waals surface area contributed by atoms with E-state index in [1.54, 1.807) is 0 Å². The summed E-state index contributed by atoms with van der Waals surface area (Å²) in [5.41, 5.74) is -0.147. The van der Waals surface area contributed by atoms with E-state index in [-0.39, 0.29) is 11.3 Å². The van der Waals surface area contributed by atoms with Crippen molar-refractivity contribution >= 4 is 15.9 Å². The largest absolute Gasteiger partial charge is 0.492 e. The summed E-state index contributed by atoms with van der Waals surface area (Å²) in [6.45, 7) is -0.251. The number of hydrogen-bond donors (Lipinski definition) is 1. The van der Waals surface area contributed by atoms with Crippen LogP contribution in [0.3, 0.4) is 0 Å². The lowest BCUT2D eigenvalue weighted by Crippen LogP contribution is -2.04. The number of hydrogen-bond acceptors (Lipinski definition) is 2. The van der Waals surface area contributed by atoms with Gasteiger partial charge in [0.05, 0.1) is 18.8 Å². The molecular weight excluding hydrogens is 258 g/mol. The molecule has 0 fully saturated rings. The van der Waals surface area contributed by atoms with E-state index in [2.05, 4.69) is 15.9 Å². The quantitative estimate of drug-likeness (QED) is 0.848. The smallest absolute Gasteiger partial charge is 0.168 e. The Morgan fingerprint density at radius 3 is 2.64 bits per heavy atom. The maximum atomic E-state index is 13.1. The zero-order valence-electron chi connectivity index (χ0n) is 7.27. The molecular formula is C9H9BrF2O2. The fourth-order valence-corrected chi connectivity index (χ4v) is 1.17. The van der Waals surface area contributed by atoms with Crippen molar-refractivity contribution in [2.45, 2.75) is 6.61 Å². The fraction of sp³-hybridized carbons (Fsp3) is 0.333.